The van der Waals surface area contributed by atoms with Gasteiger partial charge < -0.3 is 24.9 Å². The number of hydrogen-bond donors (Lipinski definition) is 3. The summed E-state index contributed by atoms with van der Waals surface area (Å²) >= 11 is 0. The van der Waals surface area contributed by atoms with Crippen LogP contribution < -0.4 is 15.4 Å². The normalized spacial score (nSPS) is 12.6. The van der Waals surface area contributed by atoms with E-state index in [1.165, 1.54) is 29.8 Å². The van der Waals surface area contributed by atoms with Gasteiger partial charge in [-0.05, 0) is 31.5 Å². The molecule has 1 heterocycles. The summed E-state index contributed by atoms with van der Waals surface area (Å²) in [6.45, 7) is 2.08. The molecular weight excluding hydrogens is 418 g/mol. The highest BCUT2D eigenvalue weighted by Gasteiger charge is 2.11. The van der Waals surface area contributed by atoms with Crippen LogP contribution in [0.2, 0.25) is 0 Å². The van der Waals surface area contributed by atoms with Gasteiger partial charge in [0.2, 0.25) is 5.89 Å². The number of nitrogens with one attached hydrogen (secondary N) is 2. The number of aliphatic imine (C=N–C) groups is 1. The van der Waals surface area contributed by atoms with Gasteiger partial charge in [-0.1, -0.05) is 42.0 Å². The largest absolute Gasteiger partial charge is 0.439 e. The fourth-order valence-corrected chi connectivity index (χ4v) is 2.91. The molecule has 0 amide bonds. The lowest BCUT2D eigenvalue weighted by molar-refractivity contribution is -0.0498. The zero-order valence-corrected chi connectivity index (χ0v) is 17.9. The highest BCUT2D eigenvalue weighted by Crippen LogP contribution is 2.21. The summed E-state index contributed by atoms with van der Waals surface area (Å²) in [5, 5.41) is 16.5. The van der Waals surface area contributed by atoms with Gasteiger partial charge in [-0.15, -0.1) is 0 Å². The zero-order valence-electron chi connectivity index (χ0n) is 17.9. The van der Waals surface area contributed by atoms with Crippen molar-refractivity contribution in [3.8, 4) is 17.1 Å². The number of benzene rings is 2. The molecule has 9 heteroatoms. The number of oxazole rings is 1. The highest BCUT2D eigenvalue weighted by molar-refractivity contribution is 5.79. The Morgan fingerprint density at radius 2 is 1.84 bits per heavy atom. The van der Waals surface area contributed by atoms with Gasteiger partial charge in [0, 0.05) is 18.7 Å². The number of guanidine groups is 1. The van der Waals surface area contributed by atoms with E-state index in [-0.39, 0.29) is 18.8 Å². The maximum atomic E-state index is 12.2. The minimum Gasteiger partial charge on any atom is -0.439 e. The van der Waals surface area contributed by atoms with Crippen LogP contribution in [0.25, 0.3) is 11.3 Å². The third-order valence-electron chi connectivity index (χ3n) is 4.56. The second-order valence-corrected chi connectivity index (χ2v) is 7.02. The lowest BCUT2D eigenvalue weighted by atomic mass is 10.1. The second kappa shape index (κ2) is 11.2. The van der Waals surface area contributed by atoms with Crippen LogP contribution in [0.1, 0.15) is 30.0 Å². The number of alkyl halides is 2. The monoisotopic (exact) mass is 444 g/mol. The molecule has 0 aliphatic rings. The molecule has 0 aliphatic carbocycles. The minimum absolute atomic E-state index is 0.0368. The summed E-state index contributed by atoms with van der Waals surface area (Å²) in [5.41, 5.74) is 2.67. The number of ether oxygens (including phenoxy) is 1. The fourth-order valence-electron chi connectivity index (χ4n) is 2.91. The van der Waals surface area contributed by atoms with Crippen molar-refractivity contribution in [2.75, 3.05) is 13.1 Å². The number of hydrogen-bond acceptors (Lipinski definition) is 5. The van der Waals surface area contributed by atoms with Crippen LogP contribution >= 0.6 is 0 Å². The lowest BCUT2D eigenvalue weighted by Crippen LogP contribution is -2.39. The highest BCUT2D eigenvalue weighted by atomic mass is 19.3. The summed E-state index contributed by atoms with van der Waals surface area (Å²) in [7, 11) is 0. The molecule has 1 aromatic heterocycles. The number of rotatable bonds is 9. The van der Waals surface area contributed by atoms with Crippen molar-refractivity contribution in [1.82, 2.24) is 15.6 Å². The molecule has 3 rings (SSSR count). The van der Waals surface area contributed by atoms with Gasteiger partial charge in [0.1, 0.15) is 12.3 Å². The Morgan fingerprint density at radius 3 is 2.50 bits per heavy atom. The molecule has 0 saturated carbocycles. The molecule has 170 valence electrons. The SMILES string of the molecule is CCNC(=NCc1ncc(-c2ccc(C)cc2)o1)NCC(O)c1ccc(OC(F)F)cc1. The first-order valence-electron chi connectivity index (χ1n) is 10.2. The first-order chi connectivity index (χ1) is 15.4. The quantitative estimate of drug-likeness (QED) is 0.341. The van der Waals surface area contributed by atoms with E-state index in [2.05, 4.69) is 25.3 Å². The second-order valence-electron chi connectivity index (χ2n) is 7.02. The Morgan fingerprint density at radius 1 is 1.12 bits per heavy atom. The Hall–Kier alpha value is -3.46. The average Bonchev–Trinajstić information content (AvgIpc) is 3.25. The van der Waals surface area contributed by atoms with Crippen molar-refractivity contribution in [1.29, 1.82) is 0 Å². The van der Waals surface area contributed by atoms with E-state index in [9.17, 15) is 13.9 Å². The van der Waals surface area contributed by atoms with Gasteiger partial charge in [0.25, 0.3) is 0 Å². The Kier molecular flexibility index (Phi) is 8.15. The summed E-state index contributed by atoms with van der Waals surface area (Å²) in [4.78, 5) is 8.72. The molecule has 0 aliphatic heterocycles. The summed E-state index contributed by atoms with van der Waals surface area (Å²) in [5.74, 6) is 1.66. The molecule has 0 fully saturated rings. The first kappa shape index (κ1) is 23.2. The standard InChI is InChI=1S/C23H26F2N4O3/c1-3-26-23(28-12-19(30)16-8-10-18(11-9-16)31-22(24)25)29-14-21-27-13-20(32-21)17-6-4-15(2)5-7-17/h4-11,13,19,22,30H,3,12,14H2,1-2H3,(H2,26,28,29). The van der Waals surface area contributed by atoms with E-state index in [0.29, 0.717) is 29.7 Å². The van der Waals surface area contributed by atoms with E-state index >= 15 is 0 Å². The van der Waals surface area contributed by atoms with Crippen LogP contribution in [0.4, 0.5) is 8.78 Å². The van der Waals surface area contributed by atoms with Crippen LogP contribution in [0.5, 0.6) is 5.75 Å². The maximum absolute atomic E-state index is 12.2. The van der Waals surface area contributed by atoms with Gasteiger partial charge in [-0.25, -0.2) is 9.98 Å². The van der Waals surface area contributed by atoms with E-state index in [1.807, 2.05) is 38.1 Å². The topological polar surface area (TPSA) is 91.9 Å². The van der Waals surface area contributed by atoms with Crippen molar-refractivity contribution in [2.24, 2.45) is 4.99 Å². The Bertz CT molecular complexity index is 1000. The zero-order chi connectivity index (χ0) is 22.9. The minimum atomic E-state index is -2.89. The molecule has 0 radical (unpaired) electrons. The van der Waals surface area contributed by atoms with Crippen molar-refractivity contribution >= 4 is 5.96 Å². The van der Waals surface area contributed by atoms with Crippen molar-refractivity contribution < 1.29 is 23.0 Å². The summed E-state index contributed by atoms with van der Waals surface area (Å²) in [6, 6.07) is 13.8. The molecule has 0 saturated heterocycles. The van der Waals surface area contributed by atoms with Gasteiger partial charge in [0.15, 0.2) is 11.7 Å². The number of aliphatic hydroxyl groups is 1. The predicted molar refractivity (Wildman–Crippen MR) is 118 cm³/mol. The number of aliphatic hydroxyl groups excluding tert-OH is 1. The predicted octanol–water partition coefficient (Wildman–Crippen LogP) is 4.04. The maximum Gasteiger partial charge on any atom is 0.387 e. The van der Waals surface area contributed by atoms with Gasteiger partial charge in [-0.2, -0.15) is 8.78 Å². The third kappa shape index (κ3) is 6.78. The number of nitrogens with zero attached hydrogens (tertiary/aromatic N) is 2. The van der Waals surface area contributed by atoms with Gasteiger partial charge in [-0.3, -0.25) is 0 Å². The molecule has 2 aromatic carbocycles. The number of aromatic nitrogens is 1. The third-order valence-corrected chi connectivity index (χ3v) is 4.56. The van der Waals surface area contributed by atoms with Crippen molar-refractivity contribution in [3.05, 3.63) is 71.7 Å². The van der Waals surface area contributed by atoms with Crippen LogP contribution in [-0.4, -0.2) is 35.8 Å². The van der Waals surface area contributed by atoms with Crippen LogP contribution in [0.15, 0.2) is 64.1 Å². The molecule has 3 aromatic rings. The molecule has 0 bridgehead atoms. The van der Waals surface area contributed by atoms with Crippen molar-refractivity contribution in [2.45, 2.75) is 33.1 Å². The average molecular weight is 444 g/mol. The smallest absolute Gasteiger partial charge is 0.387 e. The van der Waals surface area contributed by atoms with E-state index in [4.69, 9.17) is 4.42 Å². The van der Waals surface area contributed by atoms with Crippen LogP contribution in [0.3, 0.4) is 0 Å². The molecule has 0 spiro atoms. The first-order valence-corrected chi connectivity index (χ1v) is 10.2. The molecule has 32 heavy (non-hydrogen) atoms. The Balaban J connectivity index is 1.57. The van der Waals surface area contributed by atoms with Crippen LogP contribution in [-0.2, 0) is 6.54 Å². The summed E-state index contributed by atoms with van der Waals surface area (Å²) < 4.78 is 34.6. The van der Waals surface area contributed by atoms with E-state index in [0.717, 1.165) is 5.56 Å². The van der Waals surface area contributed by atoms with Crippen LogP contribution in [0, 0.1) is 6.92 Å². The van der Waals surface area contributed by atoms with E-state index in [1.54, 1.807) is 6.20 Å². The fraction of sp³-hybridized carbons (Fsp3) is 0.304. The molecule has 7 nitrogen and oxygen atoms in total. The molecule has 3 N–H and O–H groups in total. The lowest BCUT2D eigenvalue weighted by Gasteiger charge is -2.15. The van der Waals surface area contributed by atoms with Crippen molar-refractivity contribution in [3.63, 3.8) is 0 Å². The molecule has 1 atom stereocenters. The molecule has 1 unspecified atom stereocenters. The number of halogens is 2. The molecular formula is C23H26F2N4O3. The van der Waals surface area contributed by atoms with Gasteiger partial charge >= 0.3 is 6.61 Å². The van der Waals surface area contributed by atoms with E-state index < -0.39 is 12.7 Å². The number of aryl methyl sites for hydroxylation is 1. The summed E-state index contributed by atoms with van der Waals surface area (Å²) in [6.07, 6.45) is 0.801. The van der Waals surface area contributed by atoms with Gasteiger partial charge in [0.05, 0.1) is 12.3 Å². The Labute approximate surface area is 185 Å².